The molecule has 0 rings (SSSR count). The summed E-state index contributed by atoms with van der Waals surface area (Å²) in [5.41, 5.74) is 0. The van der Waals surface area contributed by atoms with Crippen LogP contribution in [0.1, 0.15) is 0 Å². The van der Waals surface area contributed by atoms with Gasteiger partial charge in [0, 0.05) is 40.4 Å². The van der Waals surface area contributed by atoms with E-state index < -0.39 is 0 Å². The summed E-state index contributed by atoms with van der Waals surface area (Å²) in [5, 5.41) is 3.16. The number of hydrogen-bond donors (Lipinski definition) is 1. The molecule has 0 heterocycles. The van der Waals surface area contributed by atoms with E-state index >= 15 is 0 Å². The third kappa shape index (κ3) is 9.70. The number of nitrogens with zero attached hydrogens (tertiary/aromatic N) is 1. The van der Waals surface area contributed by atoms with Crippen LogP contribution in [0, 0.1) is 12.3 Å². The largest absolute Gasteiger partial charge is 0.383 e. The molecule has 0 saturated heterocycles. The Morgan fingerprint density at radius 2 is 1.73 bits per heavy atom. The topological polar surface area (TPSA) is 33.7 Å². The normalized spacial score (nSPS) is 10.5. The van der Waals surface area contributed by atoms with Gasteiger partial charge < -0.3 is 14.8 Å². The first-order valence-electron chi connectivity index (χ1n) is 5.19. The zero-order chi connectivity index (χ0) is 11.4. The fourth-order valence-electron chi connectivity index (χ4n) is 1.17. The fraction of sp³-hybridized carbons (Fsp3) is 0.818. The molecule has 0 aromatic rings. The molecule has 0 aromatic heterocycles. The van der Waals surface area contributed by atoms with E-state index in [-0.39, 0.29) is 0 Å². The maximum Gasteiger partial charge on any atom is 0.0589 e. The maximum absolute atomic E-state index is 5.14. The van der Waals surface area contributed by atoms with Crippen LogP contribution in [0.25, 0.3) is 0 Å². The molecule has 0 atom stereocenters. The monoisotopic (exact) mass is 214 g/mol. The van der Waals surface area contributed by atoms with Gasteiger partial charge in [0.2, 0.25) is 0 Å². The number of hydrogen-bond acceptors (Lipinski definition) is 4. The van der Waals surface area contributed by atoms with E-state index in [1.807, 2.05) is 0 Å². The summed E-state index contributed by atoms with van der Waals surface area (Å²) < 4.78 is 10.1. The van der Waals surface area contributed by atoms with Gasteiger partial charge in [-0.05, 0) is 0 Å². The lowest BCUT2D eigenvalue weighted by Crippen LogP contribution is -2.36. The third-order valence-corrected chi connectivity index (χ3v) is 2.06. The summed E-state index contributed by atoms with van der Waals surface area (Å²) in [6.07, 6.45) is 5.14. The number of terminal acetylenes is 1. The Hall–Kier alpha value is -0.600. The maximum atomic E-state index is 5.14. The van der Waals surface area contributed by atoms with Crippen LogP contribution in [0.4, 0.5) is 0 Å². The Bertz CT molecular complexity index is 160. The van der Waals surface area contributed by atoms with Crippen LogP contribution in [0.3, 0.4) is 0 Å². The van der Waals surface area contributed by atoms with E-state index in [1.54, 1.807) is 14.2 Å². The highest BCUT2D eigenvalue weighted by Gasteiger charge is 2.03. The van der Waals surface area contributed by atoms with Gasteiger partial charge in [-0.3, -0.25) is 4.90 Å². The minimum absolute atomic E-state index is 0.627. The van der Waals surface area contributed by atoms with Crippen LogP contribution in [-0.2, 0) is 9.47 Å². The molecular formula is C11H22N2O2. The van der Waals surface area contributed by atoms with Gasteiger partial charge in [0.05, 0.1) is 19.8 Å². The highest BCUT2D eigenvalue weighted by atomic mass is 16.5. The van der Waals surface area contributed by atoms with Crippen molar-refractivity contribution in [2.45, 2.75) is 0 Å². The molecule has 0 aliphatic carbocycles. The van der Waals surface area contributed by atoms with E-state index in [4.69, 9.17) is 15.9 Å². The van der Waals surface area contributed by atoms with Crippen LogP contribution in [0.2, 0.25) is 0 Å². The van der Waals surface area contributed by atoms with Crippen molar-refractivity contribution in [2.75, 3.05) is 60.2 Å². The van der Waals surface area contributed by atoms with Gasteiger partial charge in [-0.2, -0.15) is 0 Å². The van der Waals surface area contributed by atoms with Crippen LogP contribution in [-0.4, -0.2) is 65.1 Å². The summed E-state index contributed by atoms with van der Waals surface area (Å²) >= 11 is 0. The SMILES string of the molecule is C#CCNCCN(CCOC)CCOC. The lowest BCUT2D eigenvalue weighted by molar-refractivity contribution is 0.115. The summed E-state index contributed by atoms with van der Waals surface area (Å²) in [6.45, 7) is 5.85. The lowest BCUT2D eigenvalue weighted by Gasteiger charge is -2.21. The molecule has 0 aliphatic heterocycles. The predicted octanol–water partition coefficient (Wildman–Crippen LogP) is -0.196. The van der Waals surface area contributed by atoms with Crippen LogP contribution >= 0.6 is 0 Å². The van der Waals surface area contributed by atoms with E-state index in [0.29, 0.717) is 6.54 Å². The minimum Gasteiger partial charge on any atom is -0.383 e. The smallest absolute Gasteiger partial charge is 0.0589 e. The van der Waals surface area contributed by atoms with Gasteiger partial charge in [0.1, 0.15) is 0 Å². The molecule has 15 heavy (non-hydrogen) atoms. The number of methoxy groups -OCH3 is 2. The van der Waals surface area contributed by atoms with Crippen molar-refractivity contribution in [3.8, 4) is 12.3 Å². The number of rotatable bonds is 10. The Morgan fingerprint density at radius 1 is 1.13 bits per heavy atom. The summed E-state index contributed by atoms with van der Waals surface area (Å²) in [7, 11) is 3.43. The summed E-state index contributed by atoms with van der Waals surface area (Å²) in [4.78, 5) is 2.29. The second-order valence-corrected chi connectivity index (χ2v) is 3.21. The second kappa shape index (κ2) is 11.5. The van der Waals surface area contributed by atoms with Gasteiger partial charge in [-0.15, -0.1) is 6.42 Å². The van der Waals surface area contributed by atoms with E-state index in [0.717, 1.165) is 39.4 Å². The molecule has 0 saturated carbocycles. The predicted molar refractivity (Wildman–Crippen MR) is 61.9 cm³/mol. The fourth-order valence-corrected chi connectivity index (χ4v) is 1.17. The quantitative estimate of drug-likeness (QED) is 0.403. The van der Waals surface area contributed by atoms with Gasteiger partial charge in [-0.1, -0.05) is 5.92 Å². The Balaban J connectivity index is 3.55. The average Bonchev–Trinajstić information content (AvgIpc) is 2.27. The van der Waals surface area contributed by atoms with Crippen molar-refractivity contribution in [3.63, 3.8) is 0 Å². The van der Waals surface area contributed by atoms with Gasteiger partial charge in [0.15, 0.2) is 0 Å². The van der Waals surface area contributed by atoms with Gasteiger partial charge in [-0.25, -0.2) is 0 Å². The Labute approximate surface area is 92.9 Å². The van der Waals surface area contributed by atoms with Crippen LogP contribution in [0.15, 0.2) is 0 Å². The molecule has 4 heteroatoms. The molecular weight excluding hydrogens is 192 g/mol. The van der Waals surface area contributed by atoms with E-state index in [9.17, 15) is 0 Å². The van der Waals surface area contributed by atoms with Crippen molar-refractivity contribution in [1.29, 1.82) is 0 Å². The summed E-state index contributed by atoms with van der Waals surface area (Å²) in [5.74, 6) is 2.55. The molecule has 0 bridgehead atoms. The minimum atomic E-state index is 0.627. The first-order chi connectivity index (χ1) is 7.35. The van der Waals surface area contributed by atoms with Gasteiger partial charge in [0.25, 0.3) is 0 Å². The molecule has 88 valence electrons. The molecule has 0 unspecified atom stereocenters. The van der Waals surface area contributed by atoms with E-state index in [2.05, 4.69) is 16.1 Å². The standard InChI is InChI=1S/C11H22N2O2/c1-4-5-12-6-7-13(8-10-14-2)9-11-15-3/h1,12H,5-11H2,2-3H3. The molecule has 0 amide bonds. The first kappa shape index (κ1) is 14.4. The highest BCUT2D eigenvalue weighted by molar-refractivity contribution is 4.86. The molecule has 0 aromatic carbocycles. The van der Waals surface area contributed by atoms with Crippen LogP contribution < -0.4 is 5.32 Å². The van der Waals surface area contributed by atoms with Gasteiger partial charge >= 0.3 is 0 Å². The third-order valence-electron chi connectivity index (χ3n) is 2.06. The number of ether oxygens (including phenoxy) is 2. The lowest BCUT2D eigenvalue weighted by atomic mass is 10.4. The second-order valence-electron chi connectivity index (χ2n) is 3.21. The van der Waals surface area contributed by atoms with Crippen molar-refractivity contribution in [2.24, 2.45) is 0 Å². The average molecular weight is 214 g/mol. The zero-order valence-electron chi connectivity index (χ0n) is 9.79. The van der Waals surface area contributed by atoms with Crippen molar-refractivity contribution in [3.05, 3.63) is 0 Å². The molecule has 1 N–H and O–H groups in total. The summed E-state index contributed by atoms with van der Waals surface area (Å²) in [6, 6.07) is 0. The zero-order valence-corrected chi connectivity index (χ0v) is 9.79. The molecule has 0 aliphatic rings. The number of nitrogens with one attached hydrogen (secondary N) is 1. The van der Waals surface area contributed by atoms with Crippen molar-refractivity contribution >= 4 is 0 Å². The molecule has 0 fully saturated rings. The van der Waals surface area contributed by atoms with E-state index in [1.165, 1.54) is 0 Å². The van der Waals surface area contributed by atoms with Crippen LogP contribution in [0.5, 0.6) is 0 Å². The molecule has 0 spiro atoms. The van der Waals surface area contributed by atoms with Crippen molar-refractivity contribution in [1.82, 2.24) is 10.2 Å². The first-order valence-corrected chi connectivity index (χ1v) is 5.19. The molecule has 4 nitrogen and oxygen atoms in total. The van der Waals surface area contributed by atoms with Crippen molar-refractivity contribution < 1.29 is 9.47 Å². The Morgan fingerprint density at radius 3 is 2.20 bits per heavy atom. The highest BCUT2D eigenvalue weighted by Crippen LogP contribution is 1.88. The molecule has 0 radical (unpaired) electrons. The Kier molecular flexibility index (Phi) is 11.0.